The average Bonchev–Trinajstić information content (AvgIpc) is 3.10. The highest BCUT2D eigenvalue weighted by Crippen LogP contribution is 2.26. The van der Waals surface area contributed by atoms with Crippen molar-refractivity contribution in [1.82, 2.24) is 14.5 Å². The fraction of sp³-hybridized carbons (Fsp3) is 0.200. The summed E-state index contributed by atoms with van der Waals surface area (Å²) in [6, 6.07) is 17.0. The summed E-state index contributed by atoms with van der Waals surface area (Å²) in [4.78, 5) is 33.6. The molecule has 0 fully saturated rings. The molecule has 2 aromatic carbocycles. The van der Waals surface area contributed by atoms with Gasteiger partial charge < -0.3 is 9.30 Å². The summed E-state index contributed by atoms with van der Waals surface area (Å²) in [5, 5.41) is 0. The number of aryl methyl sites for hydroxylation is 1. The number of aromatic nitrogens is 3. The molecule has 4 aromatic rings. The smallest absolute Gasteiger partial charge is 0.338 e. The molecule has 31 heavy (non-hydrogen) atoms. The van der Waals surface area contributed by atoms with E-state index in [0.717, 1.165) is 17.0 Å². The molecule has 4 rings (SSSR count). The molecule has 1 atom stereocenters. The van der Waals surface area contributed by atoms with Gasteiger partial charge in [0.05, 0.1) is 22.6 Å². The highest BCUT2D eigenvalue weighted by molar-refractivity contribution is 6.01. The molecule has 2 aromatic heterocycles. The molecule has 0 bridgehead atoms. The van der Waals surface area contributed by atoms with Crippen LogP contribution in [0, 0.1) is 13.8 Å². The van der Waals surface area contributed by atoms with Gasteiger partial charge in [-0.2, -0.15) is 0 Å². The van der Waals surface area contributed by atoms with Gasteiger partial charge in [0.15, 0.2) is 6.61 Å². The van der Waals surface area contributed by atoms with Crippen molar-refractivity contribution in [3.63, 3.8) is 0 Å². The van der Waals surface area contributed by atoms with Crippen molar-refractivity contribution in [3.05, 3.63) is 95.1 Å². The number of nitrogens with zero attached hydrogens (tertiary/aromatic N) is 3. The van der Waals surface area contributed by atoms with Crippen LogP contribution in [0.4, 0.5) is 0 Å². The molecule has 0 aliphatic heterocycles. The van der Waals surface area contributed by atoms with E-state index in [1.165, 1.54) is 0 Å². The van der Waals surface area contributed by atoms with Crippen LogP contribution in [0.2, 0.25) is 0 Å². The lowest BCUT2D eigenvalue weighted by Crippen LogP contribution is -2.16. The summed E-state index contributed by atoms with van der Waals surface area (Å²) in [6.45, 7) is 5.68. The molecule has 156 valence electrons. The van der Waals surface area contributed by atoms with E-state index in [-0.39, 0.29) is 18.4 Å². The first kappa shape index (κ1) is 20.5. The topological polar surface area (TPSA) is 74.1 Å². The lowest BCUT2D eigenvalue weighted by atomic mass is 10.1. The van der Waals surface area contributed by atoms with Crippen molar-refractivity contribution in [3.8, 4) is 0 Å². The van der Waals surface area contributed by atoms with Crippen LogP contribution in [0.5, 0.6) is 0 Å². The lowest BCUT2D eigenvalue weighted by Gasteiger charge is -2.19. The average molecular weight is 413 g/mol. The summed E-state index contributed by atoms with van der Waals surface area (Å²) >= 11 is 0. The maximum atomic E-state index is 12.8. The van der Waals surface area contributed by atoms with E-state index in [1.54, 1.807) is 30.6 Å². The quantitative estimate of drug-likeness (QED) is 0.338. The van der Waals surface area contributed by atoms with Gasteiger partial charge in [-0.15, -0.1) is 0 Å². The van der Waals surface area contributed by atoms with Crippen molar-refractivity contribution < 1.29 is 14.3 Å². The molecule has 2 heterocycles. The zero-order chi connectivity index (χ0) is 22.0. The molecule has 0 N–H and O–H groups in total. The van der Waals surface area contributed by atoms with Crippen LogP contribution in [0.25, 0.3) is 11.0 Å². The Morgan fingerprint density at radius 2 is 1.68 bits per heavy atom. The standard InChI is InChI=1S/C25H23N3O3/c1-16-13-21(18(3)28(16)17(2)19-7-5-4-6-8-19)24(29)15-31-25(30)20-9-10-22-23(14-20)27-12-11-26-22/h4-14,17H,15H2,1-3H3/t17-/m1/s1. The molecule has 6 heteroatoms. The van der Waals surface area contributed by atoms with Crippen molar-refractivity contribution >= 4 is 22.8 Å². The fourth-order valence-corrected chi connectivity index (χ4v) is 3.92. The Labute approximate surface area is 180 Å². The maximum absolute atomic E-state index is 12.8. The number of Topliss-reactive ketones (excluding diaryl/α,β-unsaturated/α-hetero) is 1. The Kier molecular flexibility index (Phi) is 5.62. The minimum Gasteiger partial charge on any atom is -0.454 e. The highest BCUT2D eigenvalue weighted by atomic mass is 16.5. The number of fused-ring (bicyclic) bond motifs is 1. The first-order chi connectivity index (χ1) is 15.0. The van der Waals surface area contributed by atoms with Gasteiger partial charge in [-0.1, -0.05) is 30.3 Å². The first-order valence-corrected chi connectivity index (χ1v) is 10.1. The van der Waals surface area contributed by atoms with Gasteiger partial charge in [-0.25, -0.2) is 4.79 Å². The maximum Gasteiger partial charge on any atom is 0.338 e. The Morgan fingerprint density at radius 1 is 0.968 bits per heavy atom. The second-order valence-corrected chi connectivity index (χ2v) is 7.50. The third-order valence-corrected chi connectivity index (χ3v) is 5.49. The molecule has 6 nitrogen and oxygen atoms in total. The molecule has 0 spiro atoms. The van der Waals surface area contributed by atoms with Crippen LogP contribution >= 0.6 is 0 Å². The van der Waals surface area contributed by atoms with E-state index in [1.807, 2.05) is 38.1 Å². The predicted molar refractivity (Wildman–Crippen MR) is 118 cm³/mol. The lowest BCUT2D eigenvalue weighted by molar-refractivity contribution is 0.0474. The first-order valence-electron chi connectivity index (χ1n) is 10.1. The number of rotatable bonds is 6. The van der Waals surface area contributed by atoms with Gasteiger partial charge in [-0.05, 0) is 50.6 Å². The third kappa shape index (κ3) is 4.10. The number of carbonyl (C=O) groups excluding carboxylic acids is 2. The van der Waals surface area contributed by atoms with Gasteiger partial charge in [0, 0.05) is 29.3 Å². The zero-order valence-electron chi connectivity index (χ0n) is 17.7. The Hall–Kier alpha value is -3.80. The van der Waals surface area contributed by atoms with Crippen LogP contribution in [0.1, 0.15) is 50.6 Å². The number of ether oxygens (including phenoxy) is 1. The summed E-state index contributed by atoms with van der Waals surface area (Å²) in [5.41, 5.74) is 5.19. The van der Waals surface area contributed by atoms with E-state index >= 15 is 0 Å². The van der Waals surface area contributed by atoms with Crippen molar-refractivity contribution in [2.75, 3.05) is 6.61 Å². The zero-order valence-corrected chi connectivity index (χ0v) is 17.7. The Morgan fingerprint density at radius 3 is 2.42 bits per heavy atom. The molecule has 0 amide bonds. The number of benzene rings is 2. The summed E-state index contributed by atoms with van der Waals surface area (Å²) in [6.07, 6.45) is 3.15. The van der Waals surface area contributed by atoms with E-state index < -0.39 is 5.97 Å². The van der Waals surface area contributed by atoms with Crippen LogP contribution < -0.4 is 0 Å². The van der Waals surface area contributed by atoms with Crippen molar-refractivity contribution in [2.24, 2.45) is 0 Å². The van der Waals surface area contributed by atoms with Crippen LogP contribution in [0.3, 0.4) is 0 Å². The van der Waals surface area contributed by atoms with Crippen molar-refractivity contribution in [2.45, 2.75) is 26.8 Å². The van der Waals surface area contributed by atoms with Crippen molar-refractivity contribution in [1.29, 1.82) is 0 Å². The van der Waals surface area contributed by atoms with Gasteiger partial charge in [-0.3, -0.25) is 14.8 Å². The molecule has 0 saturated carbocycles. The number of hydrogen-bond donors (Lipinski definition) is 0. The van der Waals surface area contributed by atoms with Crippen LogP contribution in [-0.2, 0) is 4.74 Å². The molecule has 0 aliphatic carbocycles. The van der Waals surface area contributed by atoms with Crippen LogP contribution in [-0.4, -0.2) is 32.9 Å². The highest BCUT2D eigenvalue weighted by Gasteiger charge is 2.21. The number of ketones is 1. The van der Waals surface area contributed by atoms with Gasteiger partial charge in [0.2, 0.25) is 5.78 Å². The summed E-state index contributed by atoms with van der Waals surface area (Å²) < 4.78 is 7.43. The molecule has 0 unspecified atom stereocenters. The SMILES string of the molecule is Cc1cc(C(=O)COC(=O)c2ccc3nccnc3c2)c(C)n1[C@H](C)c1ccccc1. The van der Waals surface area contributed by atoms with Gasteiger partial charge in [0.25, 0.3) is 0 Å². The number of carbonyl (C=O) groups is 2. The second-order valence-electron chi connectivity index (χ2n) is 7.50. The van der Waals surface area contributed by atoms with Gasteiger partial charge >= 0.3 is 5.97 Å². The Bertz CT molecular complexity index is 1260. The molecular formula is C25H23N3O3. The van der Waals surface area contributed by atoms with E-state index in [9.17, 15) is 9.59 Å². The largest absolute Gasteiger partial charge is 0.454 e. The number of hydrogen-bond acceptors (Lipinski definition) is 5. The van der Waals surface area contributed by atoms with E-state index in [2.05, 4.69) is 33.6 Å². The molecule has 0 saturated heterocycles. The normalized spacial score (nSPS) is 12.0. The summed E-state index contributed by atoms with van der Waals surface area (Å²) in [7, 11) is 0. The minimum absolute atomic E-state index is 0.0870. The fourth-order valence-electron chi connectivity index (χ4n) is 3.92. The molecule has 0 radical (unpaired) electrons. The third-order valence-electron chi connectivity index (χ3n) is 5.49. The minimum atomic E-state index is -0.563. The second kappa shape index (κ2) is 8.52. The molecular weight excluding hydrogens is 390 g/mol. The van der Waals surface area contributed by atoms with Crippen LogP contribution in [0.15, 0.2) is 67.0 Å². The molecule has 0 aliphatic rings. The Balaban J connectivity index is 1.49. The van der Waals surface area contributed by atoms with E-state index in [0.29, 0.717) is 22.2 Å². The monoisotopic (exact) mass is 413 g/mol. The summed E-state index contributed by atoms with van der Waals surface area (Å²) in [5.74, 6) is -0.791. The number of esters is 1. The van der Waals surface area contributed by atoms with E-state index in [4.69, 9.17) is 4.74 Å². The van der Waals surface area contributed by atoms with Gasteiger partial charge in [0.1, 0.15) is 0 Å². The predicted octanol–water partition coefficient (Wildman–Crippen LogP) is 4.70.